The first-order chi connectivity index (χ1) is 15.8. The molecule has 0 spiro atoms. The van der Waals surface area contributed by atoms with Gasteiger partial charge < -0.3 is 10.1 Å². The van der Waals surface area contributed by atoms with Crippen molar-refractivity contribution in [1.82, 2.24) is 19.6 Å². The summed E-state index contributed by atoms with van der Waals surface area (Å²) in [7, 11) is -1.89. The molecule has 1 saturated carbocycles. The highest BCUT2D eigenvalue weighted by Crippen LogP contribution is 2.38. The number of halogens is 1. The molecule has 5 rings (SSSR count). The van der Waals surface area contributed by atoms with Crippen molar-refractivity contribution >= 4 is 32.5 Å². The van der Waals surface area contributed by atoms with Crippen molar-refractivity contribution in [2.45, 2.75) is 48.3 Å². The molecule has 2 fully saturated rings. The van der Waals surface area contributed by atoms with E-state index < -0.39 is 26.9 Å². The van der Waals surface area contributed by atoms with Crippen molar-refractivity contribution < 1.29 is 22.3 Å². The van der Waals surface area contributed by atoms with Gasteiger partial charge in [-0.1, -0.05) is 0 Å². The van der Waals surface area contributed by atoms with Crippen LogP contribution in [0, 0.1) is 11.7 Å². The molecule has 3 heterocycles. The Labute approximate surface area is 190 Å². The average Bonchev–Trinajstić information content (AvgIpc) is 3.47. The lowest BCUT2D eigenvalue weighted by Crippen LogP contribution is -2.30. The number of aryl methyl sites for hydroxylation is 1. The number of amides is 1. The van der Waals surface area contributed by atoms with E-state index in [9.17, 15) is 17.6 Å². The molecule has 1 aliphatic carbocycles. The SMILES string of the molecule is Cn1ccc(NC(=O)C(CC2CCOCC2)n2ncc3c(S(=O)(=O)C4CC4)cc(F)cc32)n1. The minimum absolute atomic E-state index is 0.0544. The fraction of sp³-hybridized carbons (Fsp3) is 0.500. The molecule has 1 saturated heterocycles. The van der Waals surface area contributed by atoms with Crippen LogP contribution in [0.25, 0.3) is 10.9 Å². The van der Waals surface area contributed by atoms with Gasteiger partial charge in [0.1, 0.15) is 11.9 Å². The van der Waals surface area contributed by atoms with E-state index >= 15 is 0 Å². The summed E-state index contributed by atoms with van der Waals surface area (Å²) in [5, 5.41) is 11.3. The predicted octanol–water partition coefficient (Wildman–Crippen LogP) is 2.84. The van der Waals surface area contributed by atoms with Crippen LogP contribution < -0.4 is 5.32 Å². The Morgan fingerprint density at radius 3 is 2.70 bits per heavy atom. The molecule has 33 heavy (non-hydrogen) atoms. The van der Waals surface area contributed by atoms with Gasteiger partial charge in [-0.15, -0.1) is 0 Å². The molecule has 1 unspecified atom stereocenters. The molecule has 0 bridgehead atoms. The monoisotopic (exact) mass is 475 g/mol. The lowest BCUT2D eigenvalue weighted by molar-refractivity contribution is -0.120. The molecule has 2 aromatic heterocycles. The maximum Gasteiger partial charge on any atom is 0.250 e. The third kappa shape index (κ3) is 4.39. The number of hydrogen-bond acceptors (Lipinski definition) is 6. The summed E-state index contributed by atoms with van der Waals surface area (Å²) in [5.41, 5.74) is 0.294. The van der Waals surface area contributed by atoms with Crippen LogP contribution in [0.2, 0.25) is 0 Å². The second-order valence-electron chi connectivity index (χ2n) is 8.84. The predicted molar refractivity (Wildman–Crippen MR) is 119 cm³/mol. The third-order valence-electron chi connectivity index (χ3n) is 6.37. The van der Waals surface area contributed by atoms with E-state index in [1.54, 1.807) is 24.0 Å². The largest absolute Gasteiger partial charge is 0.381 e. The number of sulfone groups is 1. The topological polar surface area (TPSA) is 108 Å². The lowest BCUT2D eigenvalue weighted by Gasteiger charge is -2.26. The van der Waals surface area contributed by atoms with Gasteiger partial charge >= 0.3 is 0 Å². The van der Waals surface area contributed by atoms with Crippen molar-refractivity contribution in [3.8, 4) is 0 Å². The Hall–Kier alpha value is -2.79. The maximum atomic E-state index is 14.6. The zero-order chi connectivity index (χ0) is 23.2. The minimum Gasteiger partial charge on any atom is -0.381 e. The highest BCUT2D eigenvalue weighted by atomic mass is 32.2. The number of rotatable bonds is 7. The number of benzene rings is 1. The van der Waals surface area contributed by atoms with Crippen molar-refractivity contribution in [2.24, 2.45) is 13.0 Å². The number of anilines is 1. The second-order valence-corrected chi connectivity index (χ2v) is 11.0. The number of carbonyl (C=O) groups is 1. The summed E-state index contributed by atoms with van der Waals surface area (Å²) in [6.45, 7) is 1.25. The minimum atomic E-state index is -3.64. The Balaban J connectivity index is 1.55. The van der Waals surface area contributed by atoms with Gasteiger partial charge in [0.25, 0.3) is 0 Å². The van der Waals surface area contributed by atoms with E-state index in [1.165, 1.54) is 16.9 Å². The fourth-order valence-electron chi connectivity index (χ4n) is 4.43. The highest BCUT2D eigenvalue weighted by Gasteiger charge is 2.39. The van der Waals surface area contributed by atoms with Crippen molar-refractivity contribution in [2.75, 3.05) is 18.5 Å². The molecule has 11 heteroatoms. The molecule has 1 aromatic carbocycles. The summed E-state index contributed by atoms with van der Waals surface area (Å²) in [5.74, 6) is -0.376. The number of nitrogens with zero attached hydrogens (tertiary/aromatic N) is 4. The normalized spacial score (nSPS) is 18.5. The van der Waals surface area contributed by atoms with Gasteiger partial charge in [-0.2, -0.15) is 10.2 Å². The van der Waals surface area contributed by atoms with Crippen molar-refractivity contribution in [3.05, 3.63) is 36.4 Å². The zero-order valence-corrected chi connectivity index (χ0v) is 19.1. The Bertz CT molecular complexity index is 1290. The molecule has 176 valence electrons. The van der Waals surface area contributed by atoms with Crippen LogP contribution in [-0.2, 0) is 26.4 Å². The van der Waals surface area contributed by atoms with Crippen LogP contribution >= 0.6 is 0 Å². The third-order valence-corrected chi connectivity index (χ3v) is 8.67. The lowest BCUT2D eigenvalue weighted by atomic mass is 9.92. The number of ether oxygens (including phenoxy) is 1. The highest BCUT2D eigenvalue weighted by molar-refractivity contribution is 7.92. The number of carbonyl (C=O) groups excluding carboxylic acids is 1. The van der Waals surface area contributed by atoms with E-state index in [0.717, 1.165) is 18.9 Å². The fourth-order valence-corrected chi connectivity index (χ4v) is 6.29. The van der Waals surface area contributed by atoms with Crippen LogP contribution in [0.3, 0.4) is 0 Å². The second kappa shape index (κ2) is 8.53. The summed E-state index contributed by atoms with van der Waals surface area (Å²) in [6, 6.07) is 3.23. The first kappa shape index (κ1) is 22.0. The molecule has 1 aliphatic heterocycles. The van der Waals surface area contributed by atoms with Crippen LogP contribution in [0.1, 0.15) is 38.1 Å². The molecular formula is C22H26FN5O4S. The maximum absolute atomic E-state index is 14.6. The van der Waals surface area contributed by atoms with E-state index in [0.29, 0.717) is 49.2 Å². The van der Waals surface area contributed by atoms with Gasteiger partial charge in [0.05, 0.1) is 21.9 Å². The van der Waals surface area contributed by atoms with E-state index in [4.69, 9.17) is 4.74 Å². The summed E-state index contributed by atoms with van der Waals surface area (Å²) in [6.07, 6.45) is 6.39. The average molecular weight is 476 g/mol. The first-order valence-corrected chi connectivity index (χ1v) is 12.7. The molecule has 1 atom stereocenters. The van der Waals surface area contributed by atoms with Gasteiger partial charge in [0.2, 0.25) is 5.91 Å². The standard InChI is InChI=1S/C22H26FN5O4S/c1-27-7-4-21(26-27)25-22(29)19(10-14-5-8-32-9-6-14)28-18-11-15(23)12-20(17(18)13-24-28)33(30,31)16-2-3-16/h4,7,11-14,16,19H,2-3,5-6,8-10H2,1H3,(H,25,26,29). The number of nitrogens with one attached hydrogen (secondary N) is 1. The summed E-state index contributed by atoms with van der Waals surface area (Å²) < 4.78 is 48.9. The molecule has 9 nitrogen and oxygen atoms in total. The first-order valence-electron chi connectivity index (χ1n) is 11.1. The van der Waals surface area contributed by atoms with Crippen molar-refractivity contribution in [3.63, 3.8) is 0 Å². The molecule has 1 amide bonds. The molecule has 2 aliphatic rings. The van der Waals surface area contributed by atoms with Crippen LogP contribution in [0.5, 0.6) is 0 Å². The van der Waals surface area contributed by atoms with Crippen LogP contribution in [0.15, 0.2) is 35.5 Å². The molecular weight excluding hydrogens is 449 g/mol. The molecule has 1 N–H and O–H groups in total. The Kier molecular flexibility index (Phi) is 5.69. The number of aromatic nitrogens is 4. The van der Waals surface area contributed by atoms with Gasteiger partial charge in [-0.05, 0) is 50.2 Å². The van der Waals surface area contributed by atoms with E-state index in [2.05, 4.69) is 15.5 Å². The molecule has 3 aromatic rings. The van der Waals surface area contributed by atoms with Gasteiger partial charge in [-0.25, -0.2) is 12.8 Å². The Morgan fingerprint density at radius 2 is 2.03 bits per heavy atom. The Morgan fingerprint density at radius 1 is 1.27 bits per heavy atom. The van der Waals surface area contributed by atoms with Gasteiger partial charge in [-0.3, -0.25) is 14.2 Å². The quantitative estimate of drug-likeness (QED) is 0.563. The zero-order valence-electron chi connectivity index (χ0n) is 18.3. The van der Waals surface area contributed by atoms with Gasteiger partial charge in [0.15, 0.2) is 15.7 Å². The van der Waals surface area contributed by atoms with Crippen molar-refractivity contribution in [1.29, 1.82) is 0 Å². The summed E-state index contributed by atoms with van der Waals surface area (Å²) in [4.78, 5) is 13.3. The summed E-state index contributed by atoms with van der Waals surface area (Å²) >= 11 is 0. The van der Waals surface area contributed by atoms with E-state index in [-0.39, 0.29) is 16.7 Å². The van der Waals surface area contributed by atoms with Crippen LogP contribution in [-0.4, -0.2) is 52.3 Å². The number of fused-ring (bicyclic) bond motifs is 1. The van der Waals surface area contributed by atoms with Gasteiger partial charge in [0, 0.05) is 37.9 Å². The van der Waals surface area contributed by atoms with E-state index in [1.807, 2.05) is 0 Å². The molecule has 0 radical (unpaired) electrons. The smallest absolute Gasteiger partial charge is 0.250 e. The van der Waals surface area contributed by atoms with Crippen LogP contribution in [0.4, 0.5) is 10.2 Å². The number of hydrogen-bond donors (Lipinski definition) is 1.